The summed E-state index contributed by atoms with van der Waals surface area (Å²) in [5.41, 5.74) is 0. The van der Waals surface area contributed by atoms with Gasteiger partial charge in [0.1, 0.15) is 0 Å². The van der Waals surface area contributed by atoms with E-state index in [0.29, 0.717) is 19.0 Å². The van der Waals surface area contributed by atoms with Crippen molar-refractivity contribution in [1.82, 2.24) is 0 Å². The fourth-order valence-corrected chi connectivity index (χ4v) is 5.36. The summed E-state index contributed by atoms with van der Waals surface area (Å²) in [4.78, 5) is 28.0. The Morgan fingerprint density at radius 2 is 1.79 bits per heavy atom. The van der Waals surface area contributed by atoms with Crippen molar-refractivity contribution in [3.05, 3.63) is 0 Å². The van der Waals surface area contributed by atoms with Gasteiger partial charge in [-0.2, -0.15) is 0 Å². The molecule has 3 fully saturated rings. The number of hydrogen-bond donors (Lipinski definition) is 0. The van der Waals surface area contributed by atoms with Crippen LogP contribution in [0.2, 0.25) is 0 Å². The Morgan fingerprint density at radius 3 is 2.58 bits per heavy atom. The van der Waals surface area contributed by atoms with Crippen LogP contribution in [0.3, 0.4) is 0 Å². The van der Waals surface area contributed by atoms with Crippen molar-refractivity contribution >= 4 is 12.2 Å². The molecule has 4 heteroatoms. The van der Waals surface area contributed by atoms with Gasteiger partial charge in [-0.3, -0.25) is 0 Å². The molecule has 3 saturated carbocycles. The molecule has 3 rings (SSSR count). The molecule has 6 atom stereocenters. The molecule has 0 amide bonds. The van der Waals surface area contributed by atoms with Crippen LogP contribution in [-0.2, 0) is 9.59 Å². The van der Waals surface area contributed by atoms with Crippen molar-refractivity contribution in [2.45, 2.75) is 32.1 Å². The minimum absolute atomic E-state index is 0.596. The molecule has 102 valence electrons. The van der Waals surface area contributed by atoms with Crippen LogP contribution in [0.4, 0.5) is 0 Å². The molecule has 4 nitrogen and oxygen atoms in total. The van der Waals surface area contributed by atoms with Gasteiger partial charge >= 0.3 is 0 Å². The highest BCUT2D eigenvalue weighted by Gasteiger charge is 2.56. The van der Waals surface area contributed by atoms with Crippen molar-refractivity contribution in [2.24, 2.45) is 45.5 Å². The molecule has 6 unspecified atom stereocenters. The van der Waals surface area contributed by atoms with Crippen LogP contribution >= 0.6 is 0 Å². The lowest BCUT2D eigenvalue weighted by Crippen LogP contribution is -2.29. The standard InChI is InChI=1S/C15H20N2O2/c18-8-16-4-3-10-5-12-6-14(10)15-11(7-17-9-19)1-2-13(12)15/h10-15H,1-7H2. The molecule has 3 aliphatic carbocycles. The van der Waals surface area contributed by atoms with E-state index in [0.717, 1.165) is 36.0 Å². The smallest absolute Gasteiger partial charge is 0.211 e. The number of isocyanates is 2. The lowest BCUT2D eigenvalue weighted by atomic mass is 9.72. The predicted molar refractivity (Wildman–Crippen MR) is 70.0 cm³/mol. The second kappa shape index (κ2) is 5.40. The first-order valence-corrected chi connectivity index (χ1v) is 7.42. The van der Waals surface area contributed by atoms with E-state index < -0.39 is 0 Å². The quantitative estimate of drug-likeness (QED) is 0.562. The summed E-state index contributed by atoms with van der Waals surface area (Å²) in [6, 6.07) is 0. The molecule has 3 aliphatic rings. The Hall–Kier alpha value is -1.24. The minimum Gasteiger partial charge on any atom is -0.211 e. The first-order valence-electron chi connectivity index (χ1n) is 7.42. The molecule has 0 aliphatic heterocycles. The van der Waals surface area contributed by atoms with Crippen molar-refractivity contribution in [3.8, 4) is 0 Å². The maximum Gasteiger partial charge on any atom is 0.234 e. The summed E-state index contributed by atoms with van der Waals surface area (Å²) in [5.74, 6) is 4.63. The van der Waals surface area contributed by atoms with Gasteiger partial charge < -0.3 is 0 Å². The van der Waals surface area contributed by atoms with Gasteiger partial charge in [0.05, 0.1) is 13.1 Å². The van der Waals surface area contributed by atoms with Gasteiger partial charge in [-0.15, -0.1) is 0 Å². The number of fused-ring (bicyclic) bond motifs is 5. The monoisotopic (exact) mass is 260 g/mol. The zero-order valence-corrected chi connectivity index (χ0v) is 11.1. The molecule has 0 spiro atoms. The van der Waals surface area contributed by atoms with Crippen molar-refractivity contribution in [1.29, 1.82) is 0 Å². The first-order chi connectivity index (χ1) is 9.35. The van der Waals surface area contributed by atoms with Crippen LogP contribution in [-0.4, -0.2) is 25.2 Å². The minimum atomic E-state index is 0.596. The van der Waals surface area contributed by atoms with E-state index in [-0.39, 0.29) is 0 Å². The van der Waals surface area contributed by atoms with Gasteiger partial charge in [-0.1, -0.05) is 0 Å². The molecular formula is C15H20N2O2. The van der Waals surface area contributed by atoms with Gasteiger partial charge in [-0.25, -0.2) is 19.6 Å². The zero-order valence-electron chi connectivity index (χ0n) is 11.1. The number of aliphatic imine (C=N–C) groups is 2. The topological polar surface area (TPSA) is 58.9 Å². The van der Waals surface area contributed by atoms with Crippen molar-refractivity contribution in [2.75, 3.05) is 13.1 Å². The second-order valence-corrected chi connectivity index (χ2v) is 6.43. The first kappa shape index (κ1) is 12.8. The molecule has 19 heavy (non-hydrogen) atoms. The molecule has 0 aromatic heterocycles. The number of carbonyl (C=O) groups excluding carboxylic acids is 2. The third kappa shape index (κ3) is 2.20. The maximum absolute atomic E-state index is 10.3. The Kier molecular flexibility index (Phi) is 3.63. The Labute approximate surface area is 113 Å². The van der Waals surface area contributed by atoms with Crippen molar-refractivity contribution < 1.29 is 9.59 Å². The molecular weight excluding hydrogens is 240 g/mol. The van der Waals surface area contributed by atoms with Crippen LogP contribution in [0.25, 0.3) is 0 Å². The lowest BCUT2D eigenvalue weighted by Gasteiger charge is -2.34. The van der Waals surface area contributed by atoms with Crippen molar-refractivity contribution in [3.63, 3.8) is 0 Å². The van der Waals surface area contributed by atoms with Crippen LogP contribution in [0, 0.1) is 35.5 Å². The Bertz CT molecular complexity index is 437. The predicted octanol–water partition coefficient (Wildman–Crippen LogP) is 2.35. The van der Waals surface area contributed by atoms with E-state index >= 15 is 0 Å². The summed E-state index contributed by atoms with van der Waals surface area (Å²) in [5, 5.41) is 0. The maximum atomic E-state index is 10.3. The number of rotatable bonds is 5. The SMILES string of the molecule is O=C=NCCC1CC2CC1C1C(CN=C=O)CCC21. The lowest BCUT2D eigenvalue weighted by molar-refractivity contribution is 0.151. The van der Waals surface area contributed by atoms with Gasteiger partial charge in [0.25, 0.3) is 0 Å². The van der Waals surface area contributed by atoms with Gasteiger partial charge in [0.15, 0.2) is 0 Å². The zero-order chi connectivity index (χ0) is 13.2. The third-order valence-corrected chi connectivity index (χ3v) is 5.86. The molecule has 2 bridgehead atoms. The average molecular weight is 260 g/mol. The fraction of sp³-hybridized carbons (Fsp3) is 0.867. The van der Waals surface area contributed by atoms with E-state index in [4.69, 9.17) is 0 Å². The summed E-state index contributed by atoms with van der Waals surface area (Å²) < 4.78 is 0. The van der Waals surface area contributed by atoms with Gasteiger partial charge in [0, 0.05) is 0 Å². The van der Waals surface area contributed by atoms with Crippen LogP contribution < -0.4 is 0 Å². The Morgan fingerprint density at radius 1 is 0.947 bits per heavy atom. The highest BCUT2D eigenvalue weighted by Crippen LogP contribution is 2.63. The highest BCUT2D eigenvalue weighted by atomic mass is 16.1. The normalized spacial score (nSPS) is 42.5. The van der Waals surface area contributed by atoms with Crippen LogP contribution in [0.1, 0.15) is 32.1 Å². The third-order valence-electron chi connectivity index (χ3n) is 5.86. The summed E-state index contributed by atoms with van der Waals surface area (Å²) >= 11 is 0. The molecule has 0 N–H and O–H groups in total. The van der Waals surface area contributed by atoms with Crippen LogP contribution in [0.5, 0.6) is 0 Å². The number of hydrogen-bond acceptors (Lipinski definition) is 4. The Balaban J connectivity index is 1.66. The second-order valence-electron chi connectivity index (χ2n) is 6.43. The fourth-order valence-electron chi connectivity index (χ4n) is 5.36. The molecule has 0 heterocycles. The highest BCUT2D eigenvalue weighted by molar-refractivity contribution is 5.33. The van der Waals surface area contributed by atoms with Gasteiger partial charge in [-0.05, 0) is 67.6 Å². The molecule has 0 aromatic rings. The van der Waals surface area contributed by atoms with E-state index in [1.54, 1.807) is 12.2 Å². The van der Waals surface area contributed by atoms with E-state index in [1.807, 2.05) is 0 Å². The molecule has 0 radical (unpaired) electrons. The summed E-state index contributed by atoms with van der Waals surface area (Å²) in [6.45, 7) is 1.30. The van der Waals surface area contributed by atoms with E-state index in [1.165, 1.54) is 25.7 Å². The number of nitrogens with zero attached hydrogens (tertiary/aromatic N) is 2. The summed E-state index contributed by atoms with van der Waals surface area (Å²) in [6.07, 6.45) is 9.58. The van der Waals surface area contributed by atoms with E-state index in [9.17, 15) is 9.59 Å². The largest absolute Gasteiger partial charge is 0.234 e. The summed E-state index contributed by atoms with van der Waals surface area (Å²) in [7, 11) is 0. The van der Waals surface area contributed by atoms with Crippen LogP contribution in [0.15, 0.2) is 9.98 Å². The molecule has 0 aromatic carbocycles. The van der Waals surface area contributed by atoms with Gasteiger partial charge in [0.2, 0.25) is 12.2 Å². The average Bonchev–Trinajstić information content (AvgIpc) is 3.08. The molecule has 0 saturated heterocycles. The van der Waals surface area contributed by atoms with E-state index in [2.05, 4.69) is 9.98 Å².